The molecule has 1 N–H and O–H groups in total. The minimum Gasteiger partial charge on any atom is -0.477 e. The van der Waals surface area contributed by atoms with Crippen LogP contribution in [0.5, 0.6) is 0 Å². The standard InChI is InChI=1S/C12H12N2O2S2/c1-3-4-5-17-10-8-7(2)9(12(15)16)18-11(8)14-6-13-10/h3,6H,1,4-5H2,2H3,(H,15,16). The van der Waals surface area contributed by atoms with Gasteiger partial charge in [-0.15, -0.1) is 29.7 Å². The Balaban J connectivity index is 2.47. The van der Waals surface area contributed by atoms with Gasteiger partial charge in [-0.3, -0.25) is 0 Å². The fraction of sp³-hybridized carbons (Fsp3) is 0.250. The van der Waals surface area contributed by atoms with Gasteiger partial charge in [-0.1, -0.05) is 6.08 Å². The highest BCUT2D eigenvalue weighted by molar-refractivity contribution is 7.99. The second-order valence-electron chi connectivity index (χ2n) is 3.65. The SMILES string of the molecule is C=CCCSc1ncnc2sc(C(=O)O)c(C)c12. The van der Waals surface area contributed by atoms with Crippen LogP contribution < -0.4 is 0 Å². The van der Waals surface area contributed by atoms with E-state index in [-0.39, 0.29) is 0 Å². The second kappa shape index (κ2) is 5.49. The monoisotopic (exact) mass is 280 g/mol. The number of fused-ring (bicyclic) bond motifs is 1. The molecule has 0 fully saturated rings. The lowest BCUT2D eigenvalue weighted by Gasteiger charge is -2.01. The molecule has 0 radical (unpaired) electrons. The number of aryl methyl sites for hydroxylation is 1. The normalized spacial score (nSPS) is 10.7. The molecule has 0 aliphatic heterocycles. The number of aromatic nitrogens is 2. The fourth-order valence-corrected chi connectivity index (χ4v) is 3.64. The topological polar surface area (TPSA) is 63.1 Å². The van der Waals surface area contributed by atoms with Crippen molar-refractivity contribution in [3.63, 3.8) is 0 Å². The molecule has 0 aliphatic rings. The first-order valence-corrected chi connectivity index (χ1v) is 7.16. The summed E-state index contributed by atoms with van der Waals surface area (Å²) in [6.45, 7) is 5.49. The molecule has 2 aromatic rings. The molecule has 0 aliphatic carbocycles. The van der Waals surface area contributed by atoms with E-state index in [0.29, 0.717) is 4.88 Å². The van der Waals surface area contributed by atoms with Crippen LogP contribution in [0.25, 0.3) is 10.2 Å². The number of allylic oxidation sites excluding steroid dienone is 1. The summed E-state index contributed by atoms with van der Waals surface area (Å²) in [4.78, 5) is 20.6. The maximum absolute atomic E-state index is 11.1. The van der Waals surface area contributed by atoms with Gasteiger partial charge in [-0.25, -0.2) is 14.8 Å². The van der Waals surface area contributed by atoms with Crippen molar-refractivity contribution in [2.45, 2.75) is 18.4 Å². The second-order valence-corrected chi connectivity index (χ2v) is 5.73. The quantitative estimate of drug-likeness (QED) is 0.394. The summed E-state index contributed by atoms with van der Waals surface area (Å²) in [6.07, 6.45) is 4.24. The largest absolute Gasteiger partial charge is 0.477 e. The lowest BCUT2D eigenvalue weighted by molar-refractivity contribution is 0.0701. The highest BCUT2D eigenvalue weighted by Gasteiger charge is 2.18. The highest BCUT2D eigenvalue weighted by Crippen LogP contribution is 2.35. The van der Waals surface area contributed by atoms with Gasteiger partial charge in [0.05, 0.1) is 0 Å². The number of carboxylic acid groups (broad SMARTS) is 1. The smallest absolute Gasteiger partial charge is 0.346 e. The van der Waals surface area contributed by atoms with Gasteiger partial charge in [0, 0.05) is 11.1 Å². The van der Waals surface area contributed by atoms with Crippen LogP contribution in [0.1, 0.15) is 21.7 Å². The van der Waals surface area contributed by atoms with Crippen molar-refractivity contribution in [2.75, 3.05) is 5.75 Å². The third kappa shape index (κ3) is 2.39. The zero-order chi connectivity index (χ0) is 13.1. The molecule has 0 saturated heterocycles. The molecule has 2 rings (SSSR count). The summed E-state index contributed by atoms with van der Waals surface area (Å²) in [5, 5.41) is 10.8. The van der Waals surface area contributed by atoms with Crippen LogP contribution >= 0.6 is 23.1 Å². The molecular weight excluding hydrogens is 268 g/mol. The third-order valence-corrected chi connectivity index (χ3v) is 4.66. The summed E-state index contributed by atoms with van der Waals surface area (Å²) >= 11 is 2.81. The molecule has 6 heteroatoms. The molecule has 0 amide bonds. The summed E-state index contributed by atoms with van der Waals surface area (Å²) in [6, 6.07) is 0. The predicted molar refractivity (Wildman–Crippen MR) is 74.6 cm³/mol. The molecule has 0 bridgehead atoms. The molecule has 0 aromatic carbocycles. The van der Waals surface area contributed by atoms with Gasteiger partial charge in [-0.2, -0.15) is 0 Å². The number of thioether (sulfide) groups is 1. The molecule has 2 aromatic heterocycles. The van der Waals surface area contributed by atoms with Gasteiger partial charge >= 0.3 is 5.97 Å². The first-order chi connectivity index (χ1) is 8.65. The van der Waals surface area contributed by atoms with Crippen molar-refractivity contribution in [3.8, 4) is 0 Å². The van der Waals surface area contributed by atoms with Crippen LogP contribution in [0, 0.1) is 6.92 Å². The third-order valence-electron chi connectivity index (χ3n) is 2.45. The van der Waals surface area contributed by atoms with Gasteiger partial charge in [0.1, 0.15) is 21.1 Å². The van der Waals surface area contributed by atoms with Crippen molar-refractivity contribution in [3.05, 3.63) is 29.4 Å². The Morgan fingerprint density at radius 1 is 1.61 bits per heavy atom. The Morgan fingerprint density at radius 2 is 2.39 bits per heavy atom. The molecule has 94 valence electrons. The van der Waals surface area contributed by atoms with Crippen LogP contribution in [0.3, 0.4) is 0 Å². The van der Waals surface area contributed by atoms with E-state index in [9.17, 15) is 4.79 Å². The Morgan fingerprint density at radius 3 is 3.06 bits per heavy atom. The minimum absolute atomic E-state index is 0.344. The molecule has 4 nitrogen and oxygen atoms in total. The number of carboxylic acids is 1. The lowest BCUT2D eigenvalue weighted by Crippen LogP contribution is -1.94. The zero-order valence-electron chi connectivity index (χ0n) is 9.84. The highest BCUT2D eigenvalue weighted by atomic mass is 32.2. The first kappa shape index (κ1) is 13.0. The number of nitrogens with zero attached hydrogens (tertiary/aromatic N) is 2. The van der Waals surface area contributed by atoms with Crippen molar-refractivity contribution in [1.29, 1.82) is 0 Å². The molecule has 0 spiro atoms. The van der Waals surface area contributed by atoms with Gasteiger partial charge < -0.3 is 5.11 Å². The van der Waals surface area contributed by atoms with Crippen molar-refractivity contribution >= 4 is 39.3 Å². The van der Waals surface area contributed by atoms with Gasteiger partial charge in [0.15, 0.2) is 0 Å². The maximum Gasteiger partial charge on any atom is 0.346 e. The van der Waals surface area contributed by atoms with E-state index in [1.165, 1.54) is 17.7 Å². The minimum atomic E-state index is -0.905. The summed E-state index contributed by atoms with van der Waals surface area (Å²) in [5.74, 6) is -0.0228. The average molecular weight is 280 g/mol. The number of hydrogen-bond donors (Lipinski definition) is 1. The lowest BCUT2D eigenvalue weighted by atomic mass is 10.2. The van der Waals surface area contributed by atoms with E-state index in [1.54, 1.807) is 11.8 Å². The molecule has 18 heavy (non-hydrogen) atoms. The van der Waals surface area contributed by atoms with Gasteiger partial charge in [0.25, 0.3) is 0 Å². The van der Waals surface area contributed by atoms with Crippen LogP contribution in [-0.2, 0) is 0 Å². The maximum atomic E-state index is 11.1. The first-order valence-electron chi connectivity index (χ1n) is 5.36. The number of carbonyl (C=O) groups is 1. The number of thiophene rings is 1. The van der Waals surface area contributed by atoms with Gasteiger partial charge in [0.2, 0.25) is 0 Å². The Bertz CT molecular complexity index is 607. The fourth-order valence-electron chi connectivity index (χ4n) is 1.59. The van der Waals surface area contributed by atoms with E-state index in [0.717, 1.165) is 33.0 Å². The molecule has 0 saturated carbocycles. The van der Waals surface area contributed by atoms with Crippen LogP contribution in [0.2, 0.25) is 0 Å². The summed E-state index contributed by atoms with van der Waals surface area (Å²) in [5.41, 5.74) is 0.754. The Kier molecular flexibility index (Phi) is 3.98. The number of aromatic carboxylic acids is 1. The van der Waals surface area contributed by atoms with Gasteiger partial charge in [-0.05, 0) is 18.9 Å². The predicted octanol–water partition coefficient (Wildman–Crippen LogP) is 3.37. The van der Waals surface area contributed by atoms with E-state index >= 15 is 0 Å². The van der Waals surface area contributed by atoms with Crippen LogP contribution in [-0.4, -0.2) is 26.8 Å². The number of hydrogen-bond acceptors (Lipinski definition) is 5. The van der Waals surface area contributed by atoms with E-state index in [1.807, 2.05) is 13.0 Å². The molecule has 0 atom stereocenters. The summed E-state index contributed by atoms with van der Waals surface area (Å²) < 4.78 is 0. The van der Waals surface area contributed by atoms with E-state index < -0.39 is 5.97 Å². The Hall–Kier alpha value is -1.40. The van der Waals surface area contributed by atoms with Crippen molar-refractivity contribution in [1.82, 2.24) is 9.97 Å². The zero-order valence-corrected chi connectivity index (χ0v) is 11.5. The summed E-state index contributed by atoms with van der Waals surface area (Å²) in [7, 11) is 0. The van der Waals surface area contributed by atoms with Crippen LogP contribution in [0.4, 0.5) is 0 Å². The van der Waals surface area contributed by atoms with E-state index in [4.69, 9.17) is 5.11 Å². The molecular formula is C12H12N2O2S2. The molecule has 2 heterocycles. The van der Waals surface area contributed by atoms with Crippen molar-refractivity contribution in [2.24, 2.45) is 0 Å². The number of rotatable bonds is 5. The van der Waals surface area contributed by atoms with Crippen LogP contribution in [0.15, 0.2) is 24.0 Å². The Labute approximate surface area is 113 Å². The van der Waals surface area contributed by atoms with E-state index in [2.05, 4.69) is 16.5 Å². The van der Waals surface area contributed by atoms with Crippen molar-refractivity contribution < 1.29 is 9.90 Å². The average Bonchev–Trinajstić information content (AvgIpc) is 2.68. The molecule has 0 unspecified atom stereocenters.